The summed E-state index contributed by atoms with van der Waals surface area (Å²) in [5.74, 6) is 2.10. The molecule has 1 aromatic carbocycles. The second-order valence-corrected chi connectivity index (χ2v) is 6.97. The van der Waals surface area contributed by atoms with Gasteiger partial charge in [-0.1, -0.05) is 6.07 Å². The van der Waals surface area contributed by atoms with E-state index >= 15 is 0 Å². The minimum absolute atomic E-state index is 0.0467. The number of nitrogens with one attached hydrogen (secondary N) is 1. The van der Waals surface area contributed by atoms with E-state index in [1.54, 1.807) is 6.92 Å². The molecule has 0 saturated carbocycles. The van der Waals surface area contributed by atoms with Crippen LogP contribution >= 0.6 is 0 Å². The first-order chi connectivity index (χ1) is 13.1. The van der Waals surface area contributed by atoms with Crippen LogP contribution in [0.5, 0.6) is 11.5 Å². The minimum atomic E-state index is -0.0882. The standard InChI is InChI=1S/C20H23N3O4/c1-13-21-16-6-8-23(7-5-15(16)20(25)22-13)19(24)12-14-3-4-17-18(11-14)27-10-2-9-26-17/h3-4,11H,2,5-10,12H2,1H3,(H,21,22,25). The smallest absolute Gasteiger partial charge is 0.254 e. The molecule has 0 radical (unpaired) electrons. The molecule has 2 aliphatic rings. The maximum atomic E-state index is 12.8. The molecule has 2 aliphatic heterocycles. The van der Waals surface area contributed by atoms with Crippen molar-refractivity contribution in [3.63, 3.8) is 0 Å². The number of H-pyrrole nitrogens is 1. The van der Waals surface area contributed by atoms with Crippen molar-refractivity contribution < 1.29 is 14.3 Å². The SMILES string of the molecule is Cc1nc2c(c(=O)[nH]1)CCN(C(=O)Cc1ccc3c(c1)OCCCO3)CC2. The summed E-state index contributed by atoms with van der Waals surface area (Å²) in [5, 5.41) is 0. The van der Waals surface area contributed by atoms with Gasteiger partial charge >= 0.3 is 0 Å². The van der Waals surface area contributed by atoms with Crippen LogP contribution in [0.4, 0.5) is 0 Å². The summed E-state index contributed by atoms with van der Waals surface area (Å²) >= 11 is 0. The molecule has 0 saturated heterocycles. The van der Waals surface area contributed by atoms with Crippen LogP contribution < -0.4 is 15.0 Å². The number of fused-ring (bicyclic) bond motifs is 2. The topological polar surface area (TPSA) is 84.5 Å². The molecule has 0 bridgehead atoms. The van der Waals surface area contributed by atoms with Crippen LogP contribution in [0.25, 0.3) is 0 Å². The molecule has 0 fully saturated rings. The normalized spacial score (nSPS) is 16.3. The third-order valence-corrected chi connectivity index (χ3v) is 4.99. The lowest BCUT2D eigenvalue weighted by atomic mass is 10.1. The Labute approximate surface area is 157 Å². The van der Waals surface area contributed by atoms with E-state index in [-0.39, 0.29) is 11.5 Å². The van der Waals surface area contributed by atoms with Crippen molar-refractivity contribution in [2.45, 2.75) is 32.6 Å². The lowest BCUT2D eigenvalue weighted by molar-refractivity contribution is -0.130. The Morgan fingerprint density at radius 3 is 2.81 bits per heavy atom. The Hall–Kier alpha value is -2.83. The van der Waals surface area contributed by atoms with Crippen LogP contribution in [0.15, 0.2) is 23.0 Å². The summed E-state index contributed by atoms with van der Waals surface area (Å²) in [6.45, 7) is 4.15. The molecule has 3 heterocycles. The highest BCUT2D eigenvalue weighted by atomic mass is 16.5. The van der Waals surface area contributed by atoms with Gasteiger partial charge in [0, 0.05) is 31.5 Å². The molecule has 0 unspecified atom stereocenters. The molecular weight excluding hydrogens is 346 g/mol. The largest absolute Gasteiger partial charge is 0.490 e. The summed E-state index contributed by atoms with van der Waals surface area (Å²) in [6.07, 6.45) is 2.29. The molecule has 4 rings (SSSR count). The summed E-state index contributed by atoms with van der Waals surface area (Å²) in [7, 11) is 0. The number of ether oxygens (including phenoxy) is 2. The highest BCUT2D eigenvalue weighted by molar-refractivity contribution is 5.79. The Morgan fingerprint density at radius 1 is 1.19 bits per heavy atom. The zero-order valence-electron chi connectivity index (χ0n) is 15.4. The molecule has 1 aromatic heterocycles. The van der Waals surface area contributed by atoms with Crippen molar-refractivity contribution in [3.05, 3.63) is 51.2 Å². The van der Waals surface area contributed by atoms with Crippen molar-refractivity contribution in [1.29, 1.82) is 0 Å². The average Bonchev–Trinajstić information content (AvgIpc) is 2.99. The lowest BCUT2D eigenvalue weighted by Gasteiger charge is -2.20. The van der Waals surface area contributed by atoms with Gasteiger partial charge in [-0.25, -0.2) is 4.98 Å². The first-order valence-corrected chi connectivity index (χ1v) is 9.35. The summed E-state index contributed by atoms with van der Waals surface area (Å²) in [5.41, 5.74) is 2.32. The first-order valence-electron chi connectivity index (χ1n) is 9.35. The fraction of sp³-hybridized carbons (Fsp3) is 0.450. The maximum Gasteiger partial charge on any atom is 0.254 e. The van der Waals surface area contributed by atoms with Crippen LogP contribution in [-0.4, -0.2) is 47.1 Å². The third kappa shape index (κ3) is 3.82. The van der Waals surface area contributed by atoms with Gasteiger partial charge in [0.1, 0.15) is 5.82 Å². The maximum absolute atomic E-state index is 12.8. The number of amides is 1. The number of hydrogen-bond acceptors (Lipinski definition) is 5. The van der Waals surface area contributed by atoms with Crippen molar-refractivity contribution in [1.82, 2.24) is 14.9 Å². The second kappa shape index (κ2) is 7.42. The summed E-state index contributed by atoms with van der Waals surface area (Å²) in [6, 6.07) is 5.67. The molecule has 2 aromatic rings. The molecule has 1 N–H and O–H groups in total. The Morgan fingerprint density at radius 2 is 1.96 bits per heavy atom. The van der Waals surface area contributed by atoms with Crippen LogP contribution in [0.1, 0.15) is 29.1 Å². The Kier molecular flexibility index (Phi) is 4.83. The van der Waals surface area contributed by atoms with Gasteiger partial charge < -0.3 is 19.4 Å². The molecule has 27 heavy (non-hydrogen) atoms. The fourth-order valence-electron chi connectivity index (χ4n) is 3.59. The van der Waals surface area contributed by atoms with E-state index in [1.165, 1.54) is 0 Å². The zero-order chi connectivity index (χ0) is 18.8. The third-order valence-electron chi connectivity index (χ3n) is 4.99. The van der Waals surface area contributed by atoms with Crippen LogP contribution in [0.2, 0.25) is 0 Å². The lowest BCUT2D eigenvalue weighted by Crippen LogP contribution is -2.34. The van der Waals surface area contributed by atoms with Gasteiger partial charge in [0.05, 0.1) is 25.3 Å². The van der Waals surface area contributed by atoms with Gasteiger partial charge in [0.2, 0.25) is 5.91 Å². The average molecular weight is 369 g/mol. The van der Waals surface area contributed by atoms with Gasteiger partial charge in [0.15, 0.2) is 11.5 Å². The number of rotatable bonds is 2. The van der Waals surface area contributed by atoms with Crippen molar-refractivity contribution >= 4 is 5.91 Å². The fourth-order valence-corrected chi connectivity index (χ4v) is 3.59. The van der Waals surface area contributed by atoms with E-state index in [0.29, 0.717) is 62.7 Å². The quantitative estimate of drug-likeness (QED) is 0.865. The van der Waals surface area contributed by atoms with E-state index in [2.05, 4.69) is 9.97 Å². The highest BCUT2D eigenvalue weighted by Gasteiger charge is 2.22. The molecule has 7 nitrogen and oxygen atoms in total. The Balaban J connectivity index is 1.46. The number of aromatic amines is 1. The molecule has 142 valence electrons. The van der Waals surface area contributed by atoms with E-state index in [0.717, 1.165) is 23.4 Å². The molecular formula is C20H23N3O4. The van der Waals surface area contributed by atoms with E-state index in [4.69, 9.17) is 9.47 Å². The zero-order valence-corrected chi connectivity index (χ0v) is 15.4. The van der Waals surface area contributed by atoms with Gasteiger partial charge in [0.25, 0.3) is 5.56 Å². The predicted molar refractivity (Wildman–Crippen MR) is 99.3 cm³/mol. The van der Waals surface area contributed by atoms with Gasteiger partial charge in [-0.15, -0.1) is 0 Å². The van der Waals surface area contributed by atoms with Crippen molar-refractivity contribution in [3.8, 4) is 11.5 Å². The molecule has 7 heteroatoms. The number of aromatic nitrogens is 2. The highest BCUT2D eigenvalue weighted by Crippen LogP contribution is 2.30. The van der Waals surface area contributed by atoms with Crippen LogP contribution in [0.3, 0.4) is 0 Å². The number of carbonyl (C=O) groups excluding carboxylic acids is 1. The number of hydrogen-bond donors (Lipinski definition) is 1. The monoisotopic (exact) mass is 369 g/mol. The summed E-state index contributed by atoms with van der Waals surface area (Å²) in [4.78, 5) is 34.0. The van der Waals surface area contributed by atoms with Crippen molar-refractivity contribution in [2.24, 2.45) is 0 Å². The van der Waals surface area contributed by atoms with Crippen molar-refractivity contribution in [2.75, 3.05) is 26.3 Å². The van der Waals surface area contributed by atoms with E-state index in [9.17, 15) is 9.59 Å². The molecule has 1 amide bonds. The van der Waals surface area contributed by atoms with Gasteiger partial charge in [-0.05, 0) is 31.0 Å². The number of benzene rings is 1. The second-order valence-electron chi connectivity index (χ2n) is 6.97. The number of carbonyl (C=O) groups is 1. The molecule has 0 atom stereocenters. The first kappa shape index (κ1) is 17.6. The Bertz CT molecular complexity index is 922. The van der Waals surface area contributed by atoms with Gasteiger partial charge in [-0.2, -0.15) is 0 Å². The van der Waals surface area contributed by atoms with Crippen LogP contribution in [0, 0.1) is 6.92 Å². The summed E-state index contributed by atoms with van der Waals surface area (Å²) < 4.78 is 11.3. The number of nitrogens with zero attached hydrogens (tertiary/aromatic N) is 2. The predicted octanol–water partition coefficient (Wildman–Crippen LogP) is 1.41. The minimum Gasteiger partial charge on any atom is -0.490 e. The van der Waals surface area contributed by atoms with E-state index in [1.807, 2.05) is 23.1 Å². The molecule has 0 spiro atoms. The molecule has 0 aliphatic carbocycles. The van der Waals surface area contributed by atoms with Crippen LogP contribution in [-0.2, 0) is 24.1 Å². The van der Waals surface area contributed by atoms with E-state index < -0.39 is 0 Å². The number of aryl methyl sites for hydroxylation is 1. The van der Waals surface area contributed by atoms with Gasteiger partial charge in [-0.3, -0.25) is 9.59 Å².